The molecule has 1 aromatic carbocycles. The summed E-state index contributed by atoms with van der Waals surface area (Å²) < 4.78 is 11.7. The minimum atomic E-state index is -1.80. The molecule has 1 heterocycles. The quantitative estimate of drug-likeness (QED) is 0.748. The molecule has 0 N–H and O–H groups in total. The summed E-state index contributed by atoms with van der Waals surface area (Å²) in [5, 5.41) is 0.190. The molecule has 24 heavy (non-hydrogen) atoms. The number of hydrogen-bond acceptors (Lipinski definition) is 3. The van der Waals surface area contributed by atoms with Gasteiger partial charge in [-0.05, 0) is 42.2 Å². The van der Waals surface area contributed by atoms with E-state index in [0.717, 1.165) is 17.7 Å². The first kappa shape index (κ1) is 19.0. The number of ether oxygens (including phenoxy) is 1. The van der Waals surface area contributed by atoms with Gasteiger partial charge in [-0.3, -0.25) is 4.79 Å². The summed E-state index contributed by atoms with van der Waals surface area (Å²) in [5.74, 6) is 1.06. The number of methoxy groups -OCH3 is 1. The van der Waals surface area contributed by atoms with E-state index in [1.807, 2.05) is 29.2 Å². The fraction of sp³-hybridized carbons (Fsp3) is 0.632. The third kappa shape index (κ3) is 4.60. The number of likely N-dealkylation sites (tertiary alicyclic amines) is 1. The van der Waals surface area contributed by atoms with Crippen molar-refractivity contribution in [2.75, 3.05) is 13.7 Å². The van der Waals surface area contributed by atoms with Crippen LogP contribution in [-0.2, 0) is 15.8 Å². The van der Waals surface area contributed by atoms with Gasteiger partial charge in [-0.1, -0.05) is 32.9 Å². The highest BCUT2D eigenvalue weighted by Crippen LogP contribution is 2.38. The lowest BCUT2D eigenvalue weighted by molar-refractivity contribution is -0.137. The number of rotatable bonds is 5. The molecular weight excluding hydrogens is 318 g/mol. The predicted molar refractivity (Wildman–Crippen MR) is 99.7 cm³/mol. The van der Waals surface area contributed by atoms with E-state index in [9.17, 15) is 4.79 Å². The van der Waals surface area contributed by atoms with Crippen LogP contribution in [0.4, 0.5) is 0 Å². The van der Waals surface area contributed by atoms with Crippen molar-refractivity contribution in [1.82, 2.24) is 4.90 Å². The highest BCUT2D eigenvalue weighted by molar-refractivity contribution is 6.74. The number of carbonyl (C=O) groups excluding carboxylic acids is 1. The molecule has 1 fully saturated rings. The lowest BCUT2D eigenvalue weighted by atomic mass is 10.1. The molecule has 1 aliphatic rings. The van der Waals surface area contributed by atoms with Crippen LogP contribution in [0.1, 0.15) is 39.2 Å². The van der Waals surface area contributed by atoms with Crippen LogP contribution in [0.2, 0.25) is 18.1 Å². The highest BCUT2D eigenvalue weighted by atomic mass is 28.4. The van der Waals surface area contributed by atoms with Crippen molar-refractivity contribution in [2.45, 2.75) is 64.4 Å². The third-order valence-corrected chi connectivity index (χ3v) is 9.79. The fourth-order valence-electron chi connectivity index (χ4n) is 2.68. The summed E-state index contributed by atoms with van der Waals surface area (Å²) in [6, 6.07) is 7.91. The fourth-order valence-corrected chi connectivity index (χ4v) is 4.05. The average Bonchev–Trinajstić information content (AvgIpc) is 2.50. The molecule has 0 radical (unpaired) electrons. The zero-order valence-corrected chi connectivity index (χ0v) is 16.9. The Balaban J connectivity index is 2.01. The van der Waals surface area contributed by atoms with Gasteiger partial charge in [-0.15, -0.1) is 0 Å². The maximum atomic E-state index is 12.3. The Hall–Kier alpha value is -1.33. The van der Waals surface area contributed by atoms with Gasteiger partial charge < -0.3 is 14.1 Å². The van der Waals surface area contributed by atoms with Crippen LogP contribution in [0.25, 0.3) is 0 Å². The lowest BCUT2D eigenvalue weighted by Crippen LogP contribution is -2.50. The Morgan fingerprint density at radius 3 is 2.38 bits per heavy atom. The summed E-state index contributed by atoms with van der Waals surface area (Å²) in [5.41, 5.74) is 1.12. The molecule has 5 heteroatoms. The van der Waals surface area contributed by atoms with E-state index >= 15 is 0 Å². The van der Waals surface area contributed by atoms with Crippen molar-refractivity contribution >= 4 is 14.2 Å². The predicted octanol–water partition coefficient (Wildman–Crippen LogP) is 4.21. The van der Waals surface area contributed by atoms with E-state index in [0.29, 0.717) is 19.5 Å². The second-order valence-electron chi connectivity index (χ2n) is 8.16. The lowest BCUT2D eigenvalue weighted by Gasteiger charge is -2.42. The largest absolute Gasteiger partial charge is 0.497 e. The molecule has 0 saturated carbocycles. The van der Waals surface area contributed by atoms with Crippen molar-refractivity contribution in [2.24, 2.45) is 0 Å². The van der Waals surface area contributed by atoms with E-state index in [1.54, 1.807) is 7.11 Å². The molecule has 0 spiro atoms. The maximum absolute atomic E-state index is 12.3. The molecule has 2 rings (SSSR count). The van der Waals surface area contributed by atoms with Crippen molar-refractivity contribution in [1.29, 1.82) is 0 Å². The Morgan fingerprint density at radius 1 is 1.21 bits per heavy atom. The van der Waals surface area contributed by atoms with Crippen LogP contribution in [0.15, 0.2) is 24.3 Å². The van der Waals surface area contributed by atoms with Gasteiger partial charge in [0.15, 0.2) is 8.32 Å². The summed E-state index contributed by atoms with van der Waals surface area (Å²) in [6.45, 7) is 12.6. The molecule has 1 amide bonds. The zero-order chi connectivity index (χ0) is 18.0. The van der Waals surface area contributed by atoms with Gasteiger partial charge in [0.1, 0.15) is 5.75 Å². The summed E-state index contributed by atoms with van der Waals surface area (Å²) in [7, 11) is -0.144. The molecular formula is C19H31NO3Si. The Kier molecular flexibility index (Phi) is 5.76. The molecule has 0 bridgehead atoms. The second kappa shape index (κ2) is 7.27. The van der Waals surface area contributed by atoms with Crippen LogP contribution >= 0.6 is 0 Å². The molecule has 1 unspecified atom stereocenters. The van der Waals surface area contributed by atoms with E-state index in [4.69, 9.17) is 9.16 Å². The minimum Gasteiger partial charge on any atom is -0.497 e. The highest BCUT2D eigenvalue weighted by Gasteiger charge is 2.40. The van der Waals surface area contributed by atoms with Gasteiger partial charge in [0.05, 0.1) is 13.2 Å². The molecule has 1 atom stereocenters. The molecule has 0 aromatic heterocycles. The first-order valence-electron chi connectivity index (χ1n) is 8.71. The van der Waals surface area contributed by atoms with Gasteiger partial charge in [0, 0.05) is 19.5 Å². The second-order valence-corrected chi connectivity index (χ2v) is 12.9. The van der Waals surface area contributed by atoms with Crippen LogP contribution in [-0.4, -0.2) is 38.9 Å². The van der Waals surface area contributed by atoms with Gasteiger partial charge in [-0.2, -0.15) is 0 Å². The molecule has 1 aromatic rings. The Bertz CT molecular complexity index is 563. The standard InChI is InChI=1S/C19H31NO3Si/c1-19(2,3)24(5,6)23-17-11-12-18(21)20(14-17)13-15-7-9-16(22-4)10-8-15/h7-10,17H,11-14H2,1-6H3. The first-order valence-corrected chi connectivity index (χ1v) is 11.6. The maximum Gasteiger partial charge on any atom is 0.223 e. The van der Waals surface area contributed by atoms with Crippen LogP contribution in [0, 0.1) is 0 Å². The number of benzene rings is 1. The van der Waals surface area contributed by atoms with E-state index < -0.39 is 8.32 Å². The molecule has 4 nitrogen and oxygen atoms in total. The summed E-state index contributed by atoms with van der Waals surface area (Å²) >= 11 is 0. The van der Waals surface area contributed by atoms with Crippen LogP contribution in [0.5, 0.6) is 5.75 Å². The number of piperidine rings is 1. The molecule has 0 aliphatic carbocycles. The Labute approximate surface area is 147 Å². The minimum absolute atomic E-state index is 0.154. The monoisotopic (exact) mass is 349 g/mol. The molecule has 134 valence electrons. The van der Waals surface area contributed by atoms with E-state index in [-0.39, 0.29) is 17.0 Å². The zero-order valence-electron chi connectivity index (χ0n) is 15.9. The average molecular weight is 350 g/mol. The SMILES string of the molecule is COc1ccc(CN2CC(O[Si](C)(C)C(C)(C)C)CCC2=O)cc1. The first-order chi connectivity index (χ1) is 11.1. The van der Waals surface area contributed by atoms with Crippen molar-refractivity contribution in [3.63, 3.8) is 0 Å². The molecule has 1 aliphatic heterocycles. The van der Waals surface area contributed by atoms with Crippen molar-refractivity contribution in [3.05, 3.63) is 29.8 Å². The summed E-state index contributed by atoms with van der Waals surface area (Å²) in [6.07, 6.45) is 1.57. The number of carbonyl (C=O) groups is 1. The van der Waals surface area contributed by atoms with Gasteiger partial charge in [0.25, 0.3) is 0 Å². The Morgan fingerprint density at radius 2 is 1.83 bits per heavy atom. The van der Waals surface area contributed by atoms with Gasteiger partial charge in [-0.25, -0.2) is 0 Å². The van der Waals surface area contributed by atoms with Crippen LogP contribution in [0.3, 0.4) is 0 Å². The van der Waals surface area contributed by atoms with Crippen LogP contribution < -0.4 is 4.74 Å². The summed E-state index contributed by atoms with van der Waals surface area (Å²) in [4.78, 5) is 14.2. The topological polar surface area (TPSA) is 38.8 Å². The number of hydrogen-bond donors (Lipinski definition) is 0. The van der Waals surface area contributed by atoms with Crippen molar-refractivity contribution < 1.29 is 14.0 Å². The van der Waals surface area contributed by atoms with E-state index in [1.165, 1.54) is 0 Å². The number of nitrogens with zero attached hydrogens (tertiary/aromatic N) is 1. The van der Waals surface area contributed by atoms with Crippen molar-refractivity contribution in [3.8, 4) is 5.75 Å². The number of amides is 1. The van der Waals surface area contributed by atoms with Gasteiger partial charge in [0.2, 0.25) is 5.91 Å². The van der Waals surface area contributed by atoms with Gasteiger partial charge >= 0.3 is 0 Å². The third-order valence-electron chi connectivity index (χ3n) is 5.26. The van der Waals surface area contributed by atoms with E-state index in [2.05, 4.69) is 33.9 Å². The smallest absolute Gasteiger partial charge is 0.223 e. The normalized spacial score (nSPS) is 19.5. The molecule has 1 saturated heterocycles.